The Kier molecular flexibility index (Phi) is 7.17. The number of carbonyl (C=O) groups is 3. The summed E-state index contributed by atoms with van der Waals surface area (Å²) in [4.78, 5) is 49.1. The highest BCUT2D eigenvalue weighted by atomic mass is 32.2. The molecule has 37 heavy (non-hydrogen) atoms. The van der Waals surface area contributed by atoms with Crippen molar-refractivity contribution in [2.75, 3.05) is 18.1 Å². The number of hydrogen-bond acceptors (Lipinski definition) is 11. The average Bonchev–Trinajstić information content (AvgIpc) is 3.50. The van der Waals surface area contributed by atoms with Gasteiger partial charge in [0.2, 0.25) is 6.29 Å². The second kappa shape index (κ2) is 10.5. The fourth-order valence-electron chi connectivity index (χ4n) is 4.32. The number of ether oxygens (including phenoxy) is 1. The number of aryl methyl sites for hydroxylation is 1. The van der Waals surface area contributed by atoms with Gasteiger partial charge in [-0.05, 0) is 18.4 Å². The summed E-state index contributed by atoms with van der Waals surface area (Å²) < 4.78 is 9.13. The van der Waals surface area contributed by atoms with Crippen LogP contribution in [0.2, 0.25) is 0 Å². The molecular weight excluding hydrogens is 522 g/mol. The Morgan fingerprint density at radius 2 is 2.27 bits per heavy atom. The summed E-state index contributed by atoms with van der Waals surface area (Å²) in [6, 6.07) is 0.876. The number of β-lactam (4-membered cyclic amide) rings is 1. The molecule has 0 radical (unpaired) electrons. The van der Waals surface area contributed by atoms with Crippen molar-refractivity contribution in [2.24, 2.45) is 12.2 Å². The van der Waals surface area contributed by atoms with Crippen molar-refractivity contribution in [2.45, 2.75) is 43.5 Å². The van der Waals surface area contributed by atoms with Crippen molar-refractivity contribution < 1.29 is 33.7 Å². The molecular formula is C22H25N7O6S2. The second-order valence-corrected chi connectivity index (χ2v) is 10.7. The SMILES string of the molecule is C[n+]1cccn1CC1=C(C(=O)[O-])N2C(=O)[C@@H](NC(=O)C(=NOC3CCCCO3)c3csc(N)n3)[C@H]2SC1. The molecule has 3 aliphatic rings. The van der Waals surface area contributed by atoms with E-state index in [1.54, 1.807) is 5.38 Å². The monoisotopic (exact) mass is 547 g/mol. The Labute approximate surface area is 219 Å². The van der Waals surface area contributed by atoms with Crippen LogP contribution in [0.1, 0.15) is 25.0 Å². The first kappa shape index (κ1) is 25.2. The van der Waals surface area contributed by atoms with Gasteiger partial charge in [0, 0.05) is 23.6 Å². The molecule has 2 aromatic rings. The van der Waals surface area contributed by atoms with Crippen LogP contribution in [0, 0.1) is 0 Å². The maximum absolute atomic E-state index is 13.2. The number of thioether (sulfide) groups is 1. The Hall–Kier alpha value is -3.43. The summed E-state index contributed by atoms with van der Waals surface area (Å²) >= 11 is 2.50. The number of amides is 2. The number of oxime groups is 1. The van der Waals surface area contributed by atoms with Crippen molar-refractivity contribution in [3.05, 3.63) is 40.8 Å². The number of aromatic nitrogens is 3. The van der Waals surface area contributed by atoms with E-state index < -0.39 is 35.5 Å². The van der Waals surface area contributed by atoms with Crippen LogP contribution < -0.4 is 20.8 Å². The Morgan fingerprint density at radius 1 is 1.43 bits per heavy atom. The Balaban J connectivity index is 1.33. The van der Waals surface area contributed by atoms with Crippen molar-refractivity contribution in [1.29, 1.82) is 0 Å². The zero-order valence-corrected chi connectivity index (χ0v) is 21.5. The molecule has 2 fully saturated rings. The number of hydrogen-bond donors (Lipinski definition) is 2. The van der Waals surface area contributed by atoms with Crippen LogP contribution in [-0.2, 0) is 37.6 Å². The number of fused-ring (bicyclic) bond motifs is 1. The van der Waals surface area contributed by atoms with E-state index in [0.29, 0.717) is 24.4 Å². The number of carbonyl (C=O) groups excluding carboxylic acids is 3. The number of nitrogens with two attached hydrogens (primary N) is 1. The minimum absolute atomic E-state index is 0.148. The van der Waals surface area contributed by atoms with Crippen LogP contribution in [0.3, 0.4) is 0 Å². The smallest absolute Gasteiger partial charge is 0.276 e. The third-order valence-corrected chi connectivity index (χ3v) is 8.24. The fraction of sp³-hybridized carbons (Fsp3) is 0.455. The van der Waals surface area contributed by atoms with E-state index in [9.17, 15) is 19.5 Å². The average molecular weight is 548 g/mol. The predicted octanol–water partition coefficient (Wildman–Crippen LogP) is -1.30. The third-order valence-electron chi connectivity index (χ3n) is 6.22. The lowest BCUT2D eigenvalue weighted by Crippen LogP contribution is -2.71. The lowest BCUT2D eigenvalue weighted by molar-refractivity contribution is -0.752. The first-order valence-corrected chi connectivity index (χ1v) is 13.5. The number of nitrogens with one attached hydrogen (secondary N) is 1. The molecule has 3 N–H and O–H groups in total. The summed E-state index contributed by atoms with van der Waals surface area (Å²) in [6.45, 7) is 0.825. The maximum Gasteiger partial charge on any atom is 0.276 e. The highest BCUT2D eigenvalue weighted by Gasteiger charge is 2.53. The van der Waals surface area contributed by atoms with Crippen LogP contribution in [0.4, 0.5) is 5.13 Å². The number of aliphatic carboxylic acids is 1. The van der Waals surface area contributed by atoms with E-state index in [1.807, 2.05) is 34.9 Å². The third kappa shape index (κ3) is 5.06. The molecule has 13 nitrogen and oxygen atoms in total. The van der Waals surface area contributed by atoms with E-state index in [-0.39, 0.29) is 28.8 Å². The van der Waals surface area contributed by atoms with Crippen LogP contribution in [0.5, 0.6) is 0 Å². The van der Waals surface area contributed by atoms with Gasteiger partial charge in [0.25, 0.3) is 11.8 Å². The molecule has 0 saturated carbocycles. The number of carboxylic acids is 1. The number of rotatable bonds is 8. The number of nitrogen functional groups attached to an aromatic ring is 1. The first-order valence-electron chi connectivity index (χ1n) is 11.6. The standard InChI is InChI=1S/C22H25N7O6S2/c1-27-6-4-7-28(27)9-12-10-36-20-16(19(31)29(20)17(12)21(32)33)25-18(30)15(13-11-37-22(23)24-13)26-35-14-5-2-3-8-34-14/h4,6-7,11,14,16,20H,2-3,5,8-10H2,1H3,(H3-,23,24,25,30,32,33)/t14?,16-,20-/m1/s1. The molecule has 2 aromatic heterocycles. The molecule has 5 heterocycles. The van der Waals surface area contributed by atoms with Gasteiger partial charge >= 0.3 is 0 Å². The van der Waals surface area contributed by atoms with Crippen LogP contribution in [0.15, 0.2) is 40.3 Å². The molecule has 2 amide bonds. The number of anilines is 1. The molecule has 0 spiro atoms. The van der Waals surface area contributed by atoms with E-state index in [0.717, 1.165) is 24.2 Å². The quantitative estimate of drug-likeness (QED) is 0.177. The number of nitrogens with zero attached hydrogens (tertiary/aromatic N) is 5. The zero-order valence-electron chi connectivity index (χ0n) is 19.9. The van der Waals surface area contributed by atoms with Gasteiger partial charge in [-0.3, -0.25) is 14.5 Å². The van der Waals surface area contributed by atoms with Gasteiger partial charge in [-0.15, -0.1) is 27.8 Å². The van der Waals surface area contributed by atoms with Gasteiger partial charge in [0.1, 0.15) is 23.7 Å². The van der Waals surface area contributed by atoms with Crippen LogP contribution >= 0.6 is 23.1 Å². The summed E-state index contributed by atoms with van der Waals surface area (Å²) in [5.41, 5.74) is 6.18. The molecule has 3 atom stereocenters. The van der Waals surface area contributed by atoms with Gasteiger partial charge in [0.05, 0.1) is 24.5 Å². The van der Waals surface area contributed by atoms with Crippen LogP contribution in [0.25, 0.3) is 0 Å². The van der Waals surface area contributed by atoms with Crippen molar-refractivity contribution in [3.63, 3.8) is 0 Å². The molecule has 0 aromatic carbocycles. The number of thiazole rings is 1. The minimum atomic E-state index is -1.44. The molecule has 3 aliphatic heterocycles. The van der Waals surface area contributed by atoms with Crippen molar-refractivity contribution in [3.8, 4) is 0 Å². The molecule has 15 heteroatoms. The largest absolute Gasteiger partial charge is 0.543 e. The summed E-state index contributed by atoms with van der Waals surface area (Å²) in [5, 5.41) is 19.9. The highest BCUT2D eigenvalue weighted by molar-refractivity contribution is 8.00. The first-order chi connectivity index (χ1) is 17.8. The van der Waals surface area contributed by atoms with Gasteiger partial charge < -0.3 is 30.5 Å². The fourth-order valence-corrected chi connectivity index (χ4v) is 6.21. The predicted molar refractivity (Wildman–Crippen MR) is 130 cm³/mol. The molecule has 1 unspecified atom stereocenters. The van der Waals surface area contributed by atoms with Crippen molar-refractivity contribution in [1.82, 2.24) is 19.9 Å². The van der Waals surface area contributed by atoms with Gasteiger partial charge in [0.15, 0.2) is 24.1 Å². The Morgan fingerprint density at radius 3 is 2.92 bits per heavy atom. The summed E-state index contributed by atoms with van der Waals surface area (Å²) in [5.74, 6) is -2.32. The lowest BCUT2D eigenvalue weighted by atomic mass is 10.0. The molecule has 196 valence electrons. The highest BCUT2D eigenvalue weighted by Crippen LogP contribution is 2.40. The minimum Gasteiger partial charge on any atom is -0.543 e. The topological polar surface area (TPSA) is 168 Å². The second-order valence-electron chi connectivity index (χ2n) is 8.67. The molecule has 5 rings (SSSR count). The summed E-state index contributed by atoms with van der Waals surface area (Å²) in [7, 11) is 1.83. The van der Waals surface area contributed by atoms with Gasteiger partial charge in [-0.1, -0.05) is 5.16 Å². The summed E-state index contributed by atoms with van der Waals surface area (Å²) in [6.07, 6.45) is 5.52. The van der Waals surface area contributed by atoms with E-state index >= 15 is 0 Å². The normalized spacial score (nSPS) is 23.9. The van der Waals surface area contributed by atoms with Crippen molar-refractivity contribution >= 4 is 51.7 Å². The van der Waals surface area contributed by atoms with Gasteiger partial charge in [-0.2, -0.15) is 4.68 Å². The maximum atomic E-state index is 13.2. The number of carboxylic acid groups (broad SMARTS) is 1. The van der Waals surface area contributed by atoms with E-state index in [2.05, 4.69) is 15.5 Å². The lowest BCUT2D eigenvalue weighted by Gasteiger charge is -2.50. The van der Waals surface area contributed by atoms with Crippen LogP contribution in [-0.4, -0.2) is 68.1 Å². The molecule has 0 aliphatic carbocycles. The van der Waals surface area contributed by atoms with E-state index in [4.69, 9.17) is 15.3 Å². The molecule has 0 bridgehead atoms. The Bertz CT molecular complexity index is 1280. The zero-order chi connectivity index (χ0) is 26.1. The molecule has 2 saturated heterocycles. The van der Waals surface area contributed by atoms with E-state index in [1.165, 1.54) is 16.7 Å². The van der Waals surface area contributed by atoms with Gasteiger partial charge in [-0.25, -0.2) is 4.98 Å².